The van der Waals surface area contributed by atoms with Gasteiger partial charge in [0.2, 0.25) is 0 Å². The number of rotatable bonds is 5. The van der Waals surface area contributed by atoms with E-state index < -0.39 is 0 Å². The molecule has 112 valence electrons. The van der Waals surface area contributed by atoms with Crippen LogP contribution in [0.4, 0.5) is 4.39 Å². The molecule has 0 aliphatic heterocycles. The van der Waals surface area contributed by atoms with Gasteiger partial charge in [0, 0.05) is 11.1 Å². The van der Waals surface area contributed by atoms with Gasteiger partial charge in [0.15, 0.2) is 0 Å². The summed E-state index contributed by atoms with van der Waals surface area (Å²) in [6.45, 7) is 0. The number of likely N-dealkylation sites (N-methyl/N-ethyl adjacent to an activating group) is 1. The molecule has 0 aliphatic carbocycles. The van der Waals surface area contributed by atoms with E-state index in [9.17, 15) is 4.39 Å². The quantitative estimate of drug-likeness (QED) is 0.817. The van der Waals surface area contributed by atoms with Crippen molar-refractivity contribution in [3.05, 3.63) is 62.8 Å². The fourth-order valence-electron chi connectivity index (χ4n) is 2.21. The first-order chi connectivity index (χ1) is 10.0. The molecule has 0 saturated heterocycles. The summed E-state index contributed by atoms with van der Waals surface area (Å²) in [5.41, 5.74) is 1.64. The van der Waals surface area contributed by atoms with Crippen LogP contribution in [0, 0.1) is 5.82 Å². The fourth-order valence-corrected chi connectivity index (χ4v) is 2.96. The highest BCUT2D eigenvalue weighted by Gasteiger charge is 2.15. The number of methoxy groups -OCH3 is 1. The first-order valence-corrected chi connectivity index (χ1v) is 7.67. The maximum atomic E-state index is 13.9. The van der Waals surface area contributed by atoms with E-state index in [0.29, 0.717) is 17.0 Å². The van der Waals surface area contributed by atoms with Crippen molar-refractivity contribution in [3.8, 4) is 5.75 Å². The number of hydrogen-bond donors (Lipinski definition) is 1. The van der Waals surface area contributed by atoms with E-state index in [-0.39, 0.29) is 11.9 Å². The van der Waals surface area contributed by atoms with Gasteiger partial charge in [0.25, 0.3) is 0 Å². The van der Waals surface area contributed by atoms with Crippen LogP contribution in [0.2, 0.25) is 5.02 Å². The Hall–Kier alpha value is -1.10. The van der Waals surface area contributed by atoms with Crippen LogP contribution in [0.5, 0.6) is 5.75 Å². The monoisotopic (exact) mass is 371 g/mol. The molecule has 0 radical (unpaired) electrons. The molecule has 0 fully saturated rings. The van der Waals surface area contributed by atoms with Crippen molar-refractivity contribution in [3.63, 3.8) is 0 Å². The van der Waals surface area contributed by atoms with E-state index >= 15 is 0 Å². The predicted molar refractivity (Wildman–Crippen MR) is 87.6 cm³/mol. The predicted octanol–water partition coefficient (Wildman–Crippen LogP) is 4.75. The van der Waals surface area contributed by atoms with Gasteiger partial charge in [-0.3, -0.25) is 0 Å². The second kappa shape index (κ2) is 7.25. The SMILES string of the molecule is CNC(Cc1cc(Cl)ccc1F)c1ccc(OC)c(Br)c1. The summed E-state index contributed by atoms with van der Waals surface area (Å²) in [4.78, 5) is 0. The van der Waals surface area contributed by atoms with Crippen molar-refractivity contribution in [1.29, 1.82) is 0 Å². The molecule has 0 amide bonds. The summed E-state index contributed by atoms with van der Waals surface area (Å²) in [5.74, 6) is 0.523. The normalized spacial score (nSPS) is 12.2. The highest BCUT2D eigenvalue weighted by molar-refractivity contribution is 9.10. The number of nitrogens with one attached hydrogen (secondary N) is 1. The molecule has 0 aliphatic rings. The molecule has 0 spiro atoms. The minimum atomic E-state index is -0.243. The van der Waals surface area contributed by atoms with Crippen LogP contribution in [0.3, 0.4) is 0 Å². The Morgan fingerprint density at radius 2 is 2.05 bits per heavy atom. The van der Waals surface area contributed by atoms with E-state index in [0.717, 1.165) is 15.8 Å². The van der Waals surface area contributed by atoms with E-state index in [1.165, 1.54) is 6.07 Å². The second-order valence-corrected chi connectivity index (χ2v) is 5.97. The van der Waals surface area contributed by atoms with Crippen molar-refractivity contribution in [2.45, 2.75) is 12.5 Å². The maximum absolute atomic E-state index is 13.9. The van der Waals surface area contributed by atoms with Crippen LogP contribution in [0.15, 0.2) is 40.9 Å². The molecular weight excluding hydrogens is 357 g/mol. The molecule has 1 atom stereocenters. The maximum Gasteiger partial charge on any atom is 0.133 e. The van der Waals surface area contributed by atoms with E-state index in [4.69, 9.17) is 16.3 Å². The lowest BCUT2D eigenvalue weighted by atomic mass is 9.98. The summed E-state index contributed by atoms with van der Waals surface area (Å²) < 4.78 is 20.0. The second-order valence-electron chi connectivity index (χ2n) is 4.68. The summed E-state index contributed by atoms with van der Waals surface area (Å²) in [5, 5.41) is 3.75. The Morgan fingerprint density at radius 1 is 1.29 bits per heavy atom. The Labute approximate surface area is 137 Å². The zero-order valence-electron chi connectivity index (χ0n) is 11.8. The minimum absolute atomic E-state index is 0.0137. The third kappa shape index (κ3) is 3.96. The van der Waals surface area contributed by atoms with Gasteiger partial charge >= 0.3 is 0 Å². The zero-order valence-corrected chi connectivity index (χ0v) is 14.1. The molecule has 2 nitrogen and oxygen atoms in total. The topological polar surface area (TPSA) is 21.3 Å². The highest BCUT2D eigenvalue weighted by atomic mass is 79.9. The van der Waals surface area contributed by atoms with Crippen molar-refractivity contribution >= 4 is 27.5 Å². The lowest BCUT2D eigenvalue weighted by Crippen LogP contribution is -2.19. The van der Waals surface area contributed by atoms with Gasteiger partial charge in [-0.2, -0.15) is 0 Å². The molecule has 2 rings (SSSR count). The Balaban J connectivity index is 2.27. The molecule has 0 bridgehead atoms. The molecule has 2 aromatic carbocycles. The average molecular weight is 373 g/mol. The third-order valence-electron chi connectivity index (χ3n) is 3.36. The number of hydrogen-bond acceptors (Lipinski definition) is 2. The number of halogens is 3. The van der Waals surface area contributed by atoms with Crippen molar-refractivity contribution in [2.75, 3.05) is 14.2 Å². The Morgan fingerprint density at radius 3 is 2.67 bits per heavy atom. The summed E-state index contributed by atoms with van der Waals surface area (Å²) in [7, 11) is 3.47. The van der Waals surface area contributed by atoms with Gasteiger partial charge in [-0.15, -0.1) is 0 Å². The number of benzene rings is 2. The molecule has 21 heavy (non-hydrogen) atoms. The van der Waals surface area contributed by atoms with E-state index in [2.05, 4.69) is 21.2 Å². The molecule has 1 unspecified atom stereocenters. The Bertz CT molecular complexity index is 636. The molecule has 0 aromatic heterocycles. The van der Waals surface area contributed by atoms with E-state index in [1.807, 2.05) is 25.2 Å². The Kier molecular flexibility index (Phi) is 5.62. The van der Waals surface area contributed by atoms with Gasteiger partial charge in [-0.1, -0.05) is 17.7 Å². The lowest BCUT2D eigenvalue weighted by Gasteiger charge is -2.18. The van der Waals surface area contributed by atoms with E-state index in [1.54, 1.807) is 19.2 Å². The van der Waals surface area contributed by atoms with Crippen molar-refractivity contribution in [2.24, 2.45) is 0 Å². The van der Waals surface area contributed by atoms with Gasteiger partial charge < -0.3 is 10.1 Å². The standard InChI is InChI=1S/C16H16BrClFNO/c1-20-15(9-11-7-12(18)4-5-14(11)19)10-3-6-16(21-2)13(17)8-10/h3-8,15,20H,9H2,1-2H3. The minimum Gasteiger partial charge on any atom is -0.496 e. The summed E-state index contributed by atoms with van der Waals surface area (Å²) >= 11 is 9.41. The van der Waals surface area contributed by atoms with Crippen LogP contribution in [-0.4, -0.2) is 14.2 Å². The van der Waals surface area contributed by atoms with Gasteiger partial charge in [0.05, 0.1) is 11.6 Å². The van der Waals surface area contributed by atoms with Gasteiger partial charge in [0.1, 0.15) is 11.6 Å². The molecule has 0 saturated carbocycles. The number of ether oxygens (including phenoxy) is 1. The van der Waals surface area contributed by atoms with Gasteiger partial charge in [-0.25, -0.2) is 4.39 Å². The van der Waals surface area contributed by atoms with Crippen LogP contribution >= 0.6 is 27.5 Å². The zero-order chi connectivity index (χ0) is 15.4. The smallest absolute Gasteiger partial charge is 0.133 e. The summed E-state index contributed by atoms with van der Waals surface area (Å²) in [6.07, 6.45) is 0.516. The van der Waals surface area contributed by atoms with Crippen molar-refractivity contribution in [1.82, 2.24) is 5.32 Å². The van der Waals surface area contributed by atoms with Crippen LogP contribution in [0.1, 0.15) is 17.2 Å². The lowest BCUT2D eigenvalue weighted by molar-refractivity contribution is 0.411. The molecule has 0 heterocycles. The molecule has 1 N–H and O–H groups in total. The third-order valence-corrected chi connectivity index (χ3v) is 4.21. The molecule has 2 aromatic rings. The first kappa shape index (κ1) is 16.3. The molecule has 5 heteroatoms. The van der Waals surface area contributed by atoms with Crippen LogP contribution in [-0.2, 0) is 6.42 Å². The summed E-state index contributed by atoms with van der Waals surface area (Å²) in [6, 6.07) is 10.4. The van der Waals surface area contributed by atoms with Crippen LogP contribution in [0.25, 0.3) is 0 Å². The molecular formula is C16H16BrClFNO. The van der Waals surface area contributed by atoms with Gasteiger partial charge in [-0.05, 0) is 70.9 Å². The fraction of sp³-hybridized carbons (Fsp3) is 0.250. The first-order valence-electron chi connectivity index (χ1n) is 6.49. The largest absolute Gasteiger partial charge is 0.496 e. The highest BCUT2D eigenvalue weighted by Crippen LogP contribution is 2.30. The average Bonchev–Trinajstić information content (AvgIpc) is 2.48. The van der Waals surface area contributed by atoms with Crippen LogP contribution < -0.4 is 10.1 Å². The van der Waals surface area contributed by atoms with Crippen molar-refractivity contribution < 1.29 is 9.13 Å².